The van der Waals surface area contributed by atoms with Crippen molar-refractivity contribution in [2.45, 2.75) is 12.5 Å². The highest BCUT2D eigenvalue weighted by molar-refractivity contribution is 9.10. The van der Waals surface area contributed by atoms with Crippen LogP contribution in [0.15, 0.2) is 46.9 Å². The molecule has 1 unspecified atom stereocenters. The van der Waals surface area contributed by atoms with Crippen LogP contribution >= 0.6 is 15.9 Å². The number of nitrogens with one attached hydrogen (secondary N) is 1. The van der Waals surface area contributed by atoms with E-state index < -0.39 is 0 Å². The first-order valence-corrected chi connectivity index (χ1v) is 6.95. The van der Waals surface area contributed by atoms with Gasteiger partial charge in [0.05, 0.1) is 12.2 Å². The first kappa shape index (κ1) is 12.5. The van der Waals surface area contributed by atoms with Gasteiger partial charge in [-0.05, 0) is 29.8 Å². The first-order valence-electron chi connectivity index (χ1n) is 6.16. The second-order valence-corrected chi connectivity index (χ2v) is 5.47. The second kappa shape index (κ2) is 5.21. The van der Waals surface area contributed by atoms with Gasteiger partial charge in [-0.25, -0.2) is 4.39 Å². The molecule has 0 saturated carbocycles. The fraction of sp³-hybridized carbons (Fsp3) is 0.200. The van der Waals surface area contributed by atoms with Crippen LogP contribution in [0.4, 0.5) is 10.1 Å². The lowest BCUT2D eigenvalue weighted by Crippen LogP contribution is -2.24. The average molecular weight is 322 g/mol. The Bertz CT molecular complexity index is 577. The summed E-state index contributed by atoms with van der Waals surface area (Å²) < 4.78 is 20.2. The Morgan fingerprint density at radius 2 is 2.11 bits per heavy atom. The third-order valence-electron chi connectivity index (χ3n) is 3.16. The maximum Gasteiger partial charge on any atom is 0.146 e. The molecule has 0 saturated heterocycles. The van der Waals surface area contributed by atoms with Crippen molar-refractivity contribution in [1.82, 2.24) is 0 Å². The van der Waals surface area contributed by atoms with Crippen LogP contribution in [-0.2, 0) is 6.42 Å². The minimum atomic E-state index is -0.251. The van der Waals surface area contributed by atoms with E-state index in [4.69, 9.17) is 4.74 Å². The van der Waals surface area contributed by atoms with Crippen LogP contribution < -0.4 is 10.1 Å². The van der Waals surface area contributed by atoms with Crippen molar-refractivity contribution < 1.29 is 9.13 Å². The molecule has 0 fully saturated rings. The molecule has 0 spiro atoms. The smallest absolute Gasteiger partial charge is 0.146 e. The third-order valence-corrected chi connectivity index (χ3v) is 3.66. The van der Waals surface area contributed by atoms with Crippen LogP contribution in [0.2, 0.25) is 0 Å². The summed E-state index contributed by atoms with van der Waals surface area (Å²) >= 11 is 3.34. The van der Waals surface area contributed by atoms with E-state index in [2.05, 4.69) is 27.3 Å². The number of ether oxygens (including phenoxy) is 1. The van der Waals surface area contributed by atoms with E-state index in [0.29, 0.717) is 12.2 Å². The van der Waals surface area contributed by atoms with E-state index in [-0.39, 0.29) is 11.9 Å². The van der Waals surface area contributed by atoms with Crippen molar-refractivity contribution in [3.8, 4) is 5.75 Å². The first-order chi connectivity index (χ1) is 9.22. The molecule has 98 valence electrons. The van der Waals surface area contributed by atoms with Gasteiger partial charge in [-0.3, -0.25) is 0 Å². The minimum Gasteiger partial charge on any atom is -0.488 e. The molecular formula is C15H13BrFNO. The predicted octanol–water partition coefficient (Wildman–Crippen LogP) is 4.00. The highest BCUT2D eigenvalue weighted by Gasteiger charge is 2.22. The Kier molecular flexibility index (Phi) is 3.42. The van der Waals surface area contributed by atoms with Crippen molar-refractivity contribution in [2.24, 2.45) is 0 Å². The number of fused-ring (bicyclic) bond motifs is 1. The molecule has 19 heavy (non-hydrogen) atoms. The topological polar surface area (TPSA) is 21.3 Å². The van der Waals surface area contributed by atoms with E-state index in [0.717, 1.165) is 16.6 Å². The number of anilines is 1. The Labute approximate surface area is 119 Å². The number of hydrogen-bond donors (Lipinski definition) is 1. The zero-order valence-electron chi connectivity index (χ0n) is 10.2. The van der Waals surface area contributed by atoms with Crippen molar-refractivity contribution in [1.29, 1.82) is 0 Å². The highest BCUT2D eigenvalue weighted by Crippen LogP contribution is 2.28. The Morgan fingerprint density at radius 1 is 1.26 bits per heavy atom. The maximum atomic E-state index is 13.6. The fourth-order valence-corrected chi connectivity index (χ4v) is 2.59. The predicted molar refractivity (Wildman–Crippen MR) is 77.2 cm³/mol. The number of hydrogen-bond acceptors (Lipinski definition) is 2. The lowest BCUT2D eigenvalue weighted by Gasteiger charge is -2.13. The van der Waals surface area contributed by atoms with Gasteiger partial charge in [0.1, 0.15) is 17.7 Å². The lowest BCUT2D eigenvalue weighted by molar-refractivity contribution is 0.246. The summed E-state index contributed by atoms with van der Waals surface area (Å²) in [5.41, 5.74) is 1.71. The zero-order valence-corrected chi connectivity index (χ0v) is 11.8. The molecule has 1 N–H and O–H groups in total. The standard InChI is InChI=1S/C15H13BrFNO/c16-11-5-6-13(17)14(8-11)18-9-12-7-10-3-1-2-4-15(10)19-12/h1-6,8,12,18H,7,9H2. The highest BCUT2D eigenvalue weighted by atomic mass is 79.9. The molecule has 1 aliphatic heterocycles. The lowest BCUT2D eigenvalue weighted by atomic mass is 10.1. The van der Waals surface area contributed by atoms with Crippen molar-refractivity contribution >= 4 is 21.6 Å². The third kappa shape index (κ3) is 2.73. The van der Waals surface area contributed by atoms with Gasteiger partial charge in [-0.15, -0.1) is 0 Å². The zero-order chi connectivity index (χ0) is 13.2. The van der Waals surface area contributed by atoms with Gasteiger partial charge in [0, 0.05) is 10.9 Å². The molecule has 0 aliphatic carbocycles. The van der Waals surface area contributed by atoms with Gasteiger partial charge in [0.2, 0.25) is 0 Å². The second-order valence-electron chi connectivity index (χ2n) is 4.56. The van der Waals surface area contributed by atoms with Crippen molar-refractivity contribution in [3.63, 3.8) is 0 Å². The number of rotatable bonds is 3. The summed E-state index contributed by atoms with van der Waals surface area (Å²) in [5.74, 6) is 0.683. The van der Waals surface area contributed by atoms with Crippen LogP contribution in [0.25, 0.3) is 0 Å². The van der Waals surface area contributed by atoms with Gasteiger partial charge in [0.25, 0.3) is 0 Å². The fourth-order valence-electron chi connectivity index (χ4n) is 2.22. The van der Waals surface area contributed by atoms with E-state index in [1.807, 2.05) is 18.2 Å². The number of halogens is 2. The van der Waals surface area contributed by atoms with Gasteiger partial charge < -0.3 is 10.1 Å². The molecule has 0 amide bonds. The molecule has 0 bridgehead atoms. The van der Waals surface area contributed by atoms with Gasteiger partial charge in [0.15, 0.2) is 0 Å². The Morgan fingerprint density at radius 3 is 2.95 bits per heavy atom. The van der Waals surface area contributed by atoms with Crippen LogP contribution in [0.3, 0.4) is 0 Å². The summed E-state index contributed by atoms with van der Waals surface area (Å²) in [6.45, 7) is 0.585. The Hall–Kier alpha value is -1.55. The number of benzene rings is 2. The average Bonchev–Trinajstić information content (AvgIpc) is 2.82. The van der Waals surface area contributed by atoms with Gasteiger partial charge in [-0.2, -0.15) is 0 Å². The molecular weight excluding hydrogens is 309 g/mol. The summed E-state index contributed by atoms with van der Waals surface area (Å²) in [7, 11) is 0. The minimum absolute atomic E-state index is 0.0516. The molecule has 1 heterocycles. The largest absolute Gasteiger partial charge is 0.488 e. The molecule has 2 aromatic carbocycles. The molecule has 1 aliphatic rings. The summed E-state index contributed by atoms with van der Waals surface area (Å²) in [4.78, 5) is 0. The molecule has 0 aromatic heterocycles. The summed E-state index contributed by atoms with van der Waals surface area (Å²) in [6, 6.07) is 12.9. The molecule has 3 rings (SSSR count). The van der Waals surface area contributed by atoms with Crippen LogP contribution in [0.1, 0.15) is 5.56 Å². The molecule has 2 nitrogen and oxygen atoms in total. The van der Waals surface area contributed by atoms with Crippen LogP contribution in [0, 0.1) is 5.82 Å². The number of para-hydroxylation sites is 1. The molecule has 2 aromatic rings. The molecule has 1 atom stereocenters. The van der Waals surface area contributed by atoms with Crippen molar-refractivity contribution in [3.05, 3.63) is 58.3 Å². The Balaban J connectivity index is 1.64. The SMILES string of the molecule is Fc1ccc(Br)cc1NCC1Cc2ccccc2O1. The van der Waals surface area contributed by atoms with Crippen molar-refractivity contribution in [2.75, 3.05) is 11.9 Å². The van der Waals surface area contributed by atoms with Crippen LogP contribution in [0.5, 0.6) is 5.75 Å². The van der Waals surface area contributed by atoms with E-state index >= 15 is 0 Å². The van der Waals surface area contributed by atoms with E-state index in [9.17, 15) is 4.39 Å². The maximum absolute atomic E-state index is 13.6. The van der Waals surface area contributed by atoms with E-state index in [1.54, 1.807) is 12.1 Å². The molecule has 4 heteroatoms. The monoisotopic (exact) mass is 321 g/mol. The molecule has 0 radical (unpaired) electrons. The summed E-state index contributed by atoms with van der Waals surface area (Å²) in [5, 5.41) is 3.10. The summed E-state index contributed by atoms with van der Waals surface area (Å²) in [6.07, 6.45) is 0.912. The van der Waals surface area contributed by atoms with Crippen LogP contribution in [-0.4, -0.2) is 12.6 Å². The quantitative estimate of drug-likeness (QED) is 0.922. The van der Waals surface area contributed by atoms with E-state index in [1.165, 1.54) is 11.6 Å². The normalized spacial score (nSPS) is 16.8. The van der Waals surface area contributed by atoms with Gasteiger partial charge in [-0.1, -0.05) is 34.1 Å². The van der Waals surface area contributed by atoms with Gasteiger partial charge >= 0.3 is 0 Å².